The summed E-state index contributed by atoms with van der Waals surface area (Å²) < 4.78 is 1.14. The second-order valence-electron chi connectivity index (χ2n) is 7.87. The number of fused-ring (bicyclic) bond motifs is 1. The number of thiazole rings is 1. The maximum atomic E-state index is 13.3. The molecular formula is C23H22N4O3S. The molecule has 2 fully saturated rings. The lowest BCUT2D eigenvalue weighted by Crippen LogP contribution is -2.38. The van der Waals surface area contributed by atoms with Gasteiger partial charge in [0.25, 0.3) is 5.91 Å². The van der Waals surface area contributed by atoms with Crippen LogP contribution in [0.4, 0.5) is 4.79 Å². The Morgan fingerprint density at radius 2 is 1.90 bits per heavy atom. The smallest absolute Gasteiger partial charge is 0.324 e. The third-order valence-electron chi connectivity index (χ3n) is 5.84. The van der Waals surface area contributed by atoms with Gasteiger partial charge in [0, 0.05) is 12.1 Å². The Morgan fingerprint density at radius 3 is 2.65 bits per heavy atom. The zero-order valence-electron chi connectivity index (χ0n) is 16.9. The molecule has 4 amide bonds. The van der Waals surface area contributed by atoms with Gasteiger partial charge in [0.05, 0.1) is 29.3 Å². The van der Waals surface area contributed by atoms with Crippen molar-refractivity contribution >= 4 is 39.4 Å². The number of urea groups is 1. The lowest BCUT2D eigenvalue weighted by molar-refractivity contribution is -0.125. The highest BCUT2D eigenvalue weighted by Gasteiger charge is 2.31. The van der Waals surface area contributed by atoms with Gasteiger partial charge in [0.15, 0.2) is 0 Å². The van der Waals surface area contributed by atoms with Crippen LogP contribution in [0.3, 0.4) is 0 Å². The summed E-state index contributed by atoms with van der Waals surface area (Å²) in [5.41, 5.74) is 2.39. The Morgan fingerprint density at radius 1 is 1.10 bits per heavy atom. The minimum absolute atomic E-state index is 0.00880. The highest BCUT2D eigenvalue weighted by Crippen LogP contribution is 2.36. The third kappa shape index (κ3) is 3.79. The molecule has 2 aliphatic rings. The number of hydrogen-bond donors (Lipinski definition) is 1. The summed E-state index contributed by atoms with van der Waals surface area (Å²) in [6.07, 6.45) is 2.97. The number of benzene rings is 2. The van der Waals surface area contributed by atoms with E-state index in [2.05, 4.69) is 11.4 Å². The first kappa shape index (κ1) is 19.7. The van der Waals surface area contributed by atoms with Crippen molar-refractivity contribution in [1.82, 2.24) is 20.1 Å². The fraction of sp³-hybridized carbons (Fsp3) is 0.304. The van der Waals surface area contributed by atoms with Crippen LogP contribution in [0.5, 0.6) is 0 Å². The molecule has 8 heteroatoms. The average Bonchev–Trinajstić information content (AvgIpc) is 3.38. The Balaban J connectivity index is 1.35. The van der Waals surface area contributed by atoms with E-state index in [0.717, 1.165) is 40.1 Å². The van der Waals surface area contributed by atoms with Crippen LogP contribution in [-0.2, 0) is 11.3 Å². The normalized spacial score (nSPS) is 19.2. The minimum Gasteiger partial charge on any atom is -0.329 e. The van der Waals surface area contributed by atoms with Crippen molar-refractivity contribution in [3.63, 3.8) is 0 Å². The number of nitrogens with one attached hydrogen (secondary N) is 1. The molecule has 2 aromatic carbocycles. The van der Waals surface area contributed by atoms with Gasteiger partial charge in [-0.2, -0.15) is 0 Å². The number of imide groups is 1. The Bertz CT molecular complexity index is 1110. The Hall–Kier alpha value is -3.26. The van der Waals surface area contributed by atoms with Crippen molar-refractivity contribution in [2.45, 2.75) is 31.8 Å². The predicted octanol–water partition coefficient (Wildman–Crippen LogP) is 3.72. The first-order chi connectivity index (χ1) is 15.1. The zero-order chi connectivity index (χ0) is 21.4. The van der Waals surface area contributed by atoms with E-state index in [9.17, 15) is 14.4 Å². The Kier molecular flexibility index (Phi) is 5.15. The van der Waals surface area contributed by atoms with Crippen LogP contribution in [0.1, 0.15) is 46.2 Å². The molecule has 0 aliphatic carbocycles. The SMILES string of the molecule is O=C1CNC(=O)N1Cc1ccc(C(=O)N2CCCCC2c2nc3ccccc3s2)cc1. The number of carbonyl (C=O) groups is 3. The van der Waals surface area contributed by atoms with Gasteiger partial charge in [-0.05, 0) is 49.1 Å². The lowest BCUT2D eigenvalue weighted by Gasteiger charge is -2.34. The maximum absolute atomic E-state index is 13.3. The van der Waals surface area contributed by atoms with Crippen LogP contribution in [0.2, 0.25) is 0 Å². The molecule has 31 heavy (non-hydrogen) atoms. The average molecular weight is 435 g/mol. The molecule has 1 aromatic heterocycles. The molecule has 2 saturated heterocycles. The van der Waals surface area contributed by atoms with Crippen LogP contribution < -0.4 is 5.32 Å². The van der Waals surface area contributed by atoms with Gasteiger partial charge in [-0.15, -0.1) is 11.3 Å². The largest absolute Gasteiger partial charge is 0.329 e. The molecule has 7 nitrogen and oxygen atoms in total. The number of nitrogens with zero attached hydrogens (tertiary/aromatic N) is 3. The summed E-state index contributed by atoms with van der Waals surface area (Å²) in [4.78, 5) is 44.8. The van der Waals surface area contributed by atoms with E-state index in [1.807, 2.05) is 35.2 Å². The first-order valence-electron chi connectivity index (χ1n) is 10.4. The van der Waals surface area contributed by atoms with Gasteiger partial charge in [0.2, 0.25) is 5.91 Å². The molecule has 2 aliphatic heterocycles. The fourth-order valence-corrected chi connectivity index (χ4v) is 5.30. The van der Waals surface area contributed by atoms with Crippen molar-refractivity contribution in [1.29, 1.82) is 0 Å². The van der Waals surface area contributed by atoms with Crippen LogP contribution in [0.25, 0.3) is 10.2 Å². The molecule has 3 aromatic rings. The van der Waals surface area contributed by atoms with E-state index in [0.29, 0.717) is 12.1 Å². The molecule has 0 bridgehead atoms. The molecule has 0 radical (unpaired) electrons. The van der Waals surface area contributed by atoms with Crippen LogP contribution in [-0.4, -0.2) is 45.7 Å². The van der Waals surface area contributed by atoms with Crippen molar-refractivity contribution in [3.05, 3.63) is 64.7 Å². The summed E-state index contributed by atoms with van der Waals surface area (Å²) >= 11 is 1.66. The summed E-state index contributed by atoms with van der Waals surface area (Å²) in [6, 6.07) is 14.8. The molecule has 1 atom stereocenters. The van der Waals surface area contributed by atoms with Gasteiger partial charge in [-0.1, -0.05) is 24.3 Å². The number of likely N-dealkylation sites (tertiary alicyclic amines) is 1. The maximum Gasteiger partial charge on any atom is 0.324 e. The van der Waals surface area contributed by atoms with Crippen LogP contribution >= 0.6 is 11.3 Å². The van der Waals surface area contributed by atoms with Crippen molar-refractivity contribution < 1.29 is 14.4 Å². The summed E-state index contributed by atoms with van der Waals surface area (Å²) in [7, 11) is 0. The number of amides is 4. The number of aromatic nitrogens is 1. The lowest BCUT2D eigenvalue weighted by atomic mass is 10.0. The van der Waals surface area contributed by atoms with Gasteiger partial charge in [-0.3, -0.25) is 14.5 Å². The zero-order valence-corrected chi connectivity index (χ0v) is 17.7. The summed E-state index contributed by atoms with van der Waals surface area (Å²) in [5.74, 6) is -0.248. The second-order valence-corrected chi connectivity index (χ2v) is 8.93. The second kappa shape index (κ2) is 8.11. The van der Waals surface area contributed by atoms with E-state index in [1.54, 1.807) is 23.5 Å². The number of hydrogen-bond acceptors (Lipinski definition) is 5. The third-order valence-corrected chi connectivity index (χ3v) is 6.98. The molecule has 0 spiro atoms. The van der Waals surface area contributed by atoms with E-state index in [1.165, 1.54) is 4.90 Å². The monoisotopic (exact) mass is 434 g/mol. The minimum atomic E-state index is -0.378. The molecule has 1 N–H and O–H groups in total. The topological polar surface area (TPSA) is 82.6 Å². The van der Waals surface area contributed by atoms with E-state index < -0.39 is 0 Å². The standard InChI is InChI=1S/C23H22N4O3S/c28-20-13-24-23(30)27(20)14-15-8-10-16(11-9-15)22(29)26-12-4-3-6-18(26)21-25-17-5-1-2-7-19(17)31-21/h1-2,5,7-11,18H,3-4,6,12-14H2,(H,24,30). The van der Waals surface area contributed by atoms with Crippen LogP contribution in [0.15, 0.2) is 48.5 Å². The first-order valence-corrected chi connectivity index (χ1v) is 11.3. The van der Waals surface area contributed by atoms with Crippen molar-refractivity contribution in [2.75, 3.05) is 13.1 Å². The van der Waals surface area contributed by atoms with Gasteiger partial charge >= 0.3 is 6.03 Å². The molecule has 158 valence electrons. The molecule has 3 heterocycles. The van der Waals surface area contributed by atoms with Gasteiger partial charge in [-0.25, -0.2) is 9.78 Å². The molecular weight excluding hydrogens is 412 g/mol. The fourth-order valence-electron chi connectivity index (χ4n) is 4.18. The van der Waals surface area contributed by atoms with E-state index in [-0.39, 0.29) is 37.0 Å². The highest BCUT2D eigenvalue weighted by molar-refractivity contribution is 7.18. The van der Waals surface area contributed by atoms with Gasteiger partial charge in [0.1, 0.15) is 5.01 Å². The number of piperidine rings is 1. The number of rotatable bonds is 4. The number of carbonyl (C=O) groups excluding carboxylic acids is 3. The van der Waals surface area contributed by atoms with Crippen LogP contribution in [0, 0.1) is 0 Å². The molecule has 5 rings (SSSR count). The summed E-state index contributed by atoms with van der Waals surface area (Å²) in [6.45, 7) is 0.957. The Labute approximate surface area is 183 Å². The van der Waals surface area contributed by atoms with Crippen molar-refractivity contribution in [3.8, 4) is 0 Å². The van der Waals surface area contributed by atoms with E-state index >= 15 is 0 Å². The van der Waals surface area contributed by atoms with Crippen molar-refractivity contribution in [2.24, 2.45) is 0 Å². The highest BCUT2D eigenvalue weighted by atomic mass is 32.1. The quantitative estimate of drug-likeness (QED) is 0.635. The summed E-state index contributed by atoms with van der Waals surface area (Å²) in [5, 5.41) is 3.50. The molecule has 0 saturated carbocycles. The van der Waals surface area contributed by atoms with E-state index in [4.69, 9.17) is 4.98 Å². The molecule has 1 unspecified atom stereocenters. The van der Waals surface area contributed by atoms with Gasteiger partial charge < -0.3 is 10.2 Å². The predicted molar refractivity (Wildman–Crippen MR) is 118 cm³/mol. The number of para-hydroxylation sites is 1.